The molecule has 0 aliphatic rings. The van der Waals surface area contributed by atoms with Crippen LogP contribution in [0.25, 0.3) is 0 Å². The fourth-order valence-electron chi connectivity index (χ4n) is 3.44. The van der Waals surface area contributed by atoms with Crippen LogP contribution in [-0.4, -0.2) is 4.89 Å². The van der Waals surface area contributed by atoms with Crippen molar-refractivity contribution in [1.82, 2.24) is 0 Å². The van der Waals surface area contributed by atoms with E-state index < -0.39 is 8.60 Å². The summed E-state index contributed by atoms with van der Waals surface area (Å²) in [6.07, 6.45) is 0. The van der Waals surface area contributed by atoms with Crippen molar-refractivity contribution >= 4 is 8.60 Å². The van der Waals surface area contributed by atoms with Gasteiger partial charge in [-0.1, -0.05) is 76.9 Å². The average molecular weight is 403 g/mol. The van der Waals surface area contributed by atoms with Gasteiger partial charge in [0.2, 0.25) is 0 Å². The maximum Gasteiger partial charge on any atom is 0.460 e. The molecule has 0 spiro atoms. The first-order valence-corrected chi connectivity index (χ1v) is 10.9. The first kappa shape index (κ1) is 22.7. The average Bonchev–Trinajstić information content (AvgIpc) is 2.50. The Morgan fingerprint density at radius 2 is 0.964 bits per heavy atom. The van der Waals surface area contributed by atoms with Crippen molar-refractivity contribution in [2.45, 2.75) is 80.1 Å². The highest BCUT2D eigenvalue weighted by Crippen LogP contribution is 2.46. The van der Waals surface area contributed by atoms with Gasteiger partial charge in [0.25, 0.3) is 0 Å². The minimum atomic E-state index is -2.11. The maximum atomic E-state index is 10.7. The number of benzene rings is 2. The third-order valence-electron chi connectivity index (χ3n) is 4.79. The summed E-state index contributed by atoms with van der Waals surface area (Å²) < 4.78 is 12.0. The smallest absolute Gasteiger partial charge is 0.417 e. The van der Waals surface area contributed by atoms with E-state index in [1.165, 1.54) is 11.1 Å². The summed E-state index contributed by atoms with van der Waals surface area (Å²) in [6, 6.07) is 8.41. The van der Waals surface area contributed by atoms with Gasteiger partial charge in [0.1, 0.15) is 11.5 Å². The van der Waals surface area contributed by atoms with Gasteiger partial charge in [-0.3, -0.25) is 0 Å². The highest BCUT2D eigenvalue weighted by Gasteiger charge is 2.27. The summed E-state index contributed by atoms with van der Waals surface area (Å²) in [6.45, 7) is 21.1. The van der Waals surface area contributed by atoms with Gasteiger partial charge < -0.3 is 13.9 Å². The van der Waals surface area contributed by atoms with Crippen LogP contribution in [0.2, 0.25) is 0 Å². The van der Waals surface area contributed by atoms with Gasteiger partial charge in [0.05, 0.1) is 0 Å². The summed E-state index contributed by atoms with van der Waals surface area (Å²) in [5, 5.41) is 0. The Kier molecular flexibility index (Phi) is 6.53. The van der Waals surface area contributed by atoms with E-state index in [1.807, 2.05) is 13.8 Å². The fourth-order valence-corrected chi connectivity index (χ4v) is 4.27. The Labute approximate surface area is 172 Å². The molecule has 2 rings (SSSR count). The van der Waals surface area contributed by atoms with Gasteiger partial charge in [-0.2, -0.15) is 0 Å². The standard InChI is InChI=1S/C24H35O3P/c1-15-11-17(3)21(19(13-15)23(5,6)7)26-28(25)27-22-18(4)12-16(2)14-20(22)24(8,9)10/h11-14,25H,1-10H3. The second-order valence-corrected chi connectivity index (χ2v) is 10.7. The highest BCUT2D eigenvalue weighted by atomic mass is 31.2. The van der Waals surface area contributed by atoms with Crippen molar-refractivity contribution in [2.24, 2.45) is 0 Å². The van der Waals surface area contributed by atoms with Gasteiger partial charge in [0, 0.05) is 11.1 Å². The topological polar surface area (TPSA) is 38.7 Å². The highest BCUT2D eigenvalue weighted by molar-refractivity contribution is 7.41. The van der Waals surface area contributed by atoms with Gasteiger partial charge in [0.15, 0.2) is 0 Å². The molecule has 0 aliphatic carbocycles. The molecule has 0 saturated carbocycles. The van der Waals surface area contributed by atoms with E-state index in [4.69, 9.17) is 9.05 Å². The minimum Gasteiger partial charge on any atom is -0.417 e. The SMILES string of the molecule is Cc1cc(C)c(OP(O)Oc2c(C)cc(C)cc2C(C)(C)C)c(C(C)(C)C)c1. The van der Waals surface area contributed by atoms with Gasteiger partial charge in [-0.05, 0) is 49.7 Å². The molecule has 0 bridgehead atoms. The minimum absolute atomic E-state index is 0.0986. The van der Waals surface area contributed by atoms with Crippen LogP contribution in [-0.2, 0) is 10.8 Å². The van der Waals surface area contributed by atoms with Gasteiger partial charge in [-0.25, -0.2) is 0 Å². The predicted molar refractivity (Wildman–Crippen MR) is 120 cm³/mol. The lowest BCUT2D eigenvalue weighted by Gasteiger charge is -2.28. The molecule has 0 saturated heterocycles. The first-order valence-electron chi connectivity index (χ1n) is 9.78. The van der Waals surface area contributed by atoms with Crippen molar-refractivity contribution in [3.63, 3.8) is 0 Å². The molecule has 28 heavy (non-hydrogen) atoms. The monoisotopic (exact) mass is 402 g/mol. The van der Waals surface area contributed by atoms with Crippen LogP contribution < -0.4 is 9.05 Å². The lowest BCUT2D eigenvalue weighted by atomic mass is 9.84. The van der Waals surface area contributed by atoms with Crippen molar-refractivity contribution < 1.29 is 13.9 Å². The Bertz CT molecular complexity index is 786. The van der Waals surface area contributed by atoms with Crippen LogP contribution in [0.15, 0.2) is 24.3 Å². The third kappa shape index (κ3) is 5.27. The normalized spacial score (nSPS) is 12.4. The zero-order valence-corrected chi connectivity index (χ0v) is 19.9. The van der Waals surface area contributed by atoms with Crippen molar-refractivity contribution in [1.29, 1.82) is 0 Å². The van der Waals surface area contributed by atoms with Crippen LogP contribution in [0.3, 0.4) is 0 Å². The Morgan fingerprint density at radius 1 is 0.643 bits per heavy atom. The fraction of sp³-hybridized carbons (Fsp3) is 0.500. The predicted octanol–water partition coefficient (Wildman–Crippen LogP) is 7.19. The number of aryl methyl sites for hydroxylation is 4. The summed E-state index contributed by atoms with van der Waals surface area (Å²) >= 11 is 0. The van der Waals surface area contributed by atoms with Crippen LogP contribution in [0, 0.1) is 27.7 Å². The summed E-state index contributed by atoms with van der Waals surface area (Å²) in [7, 11) is -2.11. The number of rotatable bonds is 4. The third-order valence-corrected chi connectivity index (χ3v) is 5.47. The molecule has 4 heteroatoms. The van der Waals surface area contributed by atoms with Crippen LogP contribution in [0.5, 0.6) is 11.5 Å². The molecule has 0 aliphatic heterocycles. The lowest BCUT2D eigenvalue weighted by Crippen LogP contribution is -2.16. The molecular weight excluding hydrogens is 367 g/mol. The summed E-state index contributed by atoms with van der Waals surface area (Å²) in [5.41, 5.74) is 6.33. The van der Waals surface area contributed by atoms with Crippen molar-refractivity contribution in [3.8, 4) is 11.5 Å². The van der Waals surface area contributed by atoms with Gasteiger partial charge >= 0.3 is 8.60 Å². The quantitative estimate of drug-likeness (QED) is 0.550. The second-order valence-electron chi connectivity index (χ2n) is 9.84. The second kappa shape index (κ2) is 8.05. The van der Waals surface area contributed by atoms with E-state index in [0.717, 1.165) is 22.3 Å². The lowest BCUT2D eigenvalue weighted by molar-refractivity contribution is 0.369. The molecule has 0 amide bonds. The number of hydrogen-bond acceptors (Lipinski definition) is 3. The van der Waals surface area contributed by atoms with E-state index in [9.17, 15) is 4.89 Å². The molecular formula is C24H35O3P. The molecule has 2 aromatic carbocycles. The molecule has 0 atom stereocenters. The zero-order valence-electron chi connectivity index (χ0n) is 19.0. The zero-order chi connectivity index (χ0) is 21.4. The molecule has 1 N–H and O–H groups in total. The number of hydrogen-bond donors (Lipinski definition) is 1. The van der Waals surface area contributed by atoms with E-state index in [2.05, 4.69) is 79.7 Å². The molecule has 0 fully saturated rings. The summed E-state index contributed by atoms with van der Waals surface area (Å²) in [5.74, 6) is 1.43. The van der Waals surface area contributed by atoms with E-state index in [1.54, 1.807) is 0 Å². The van der Waals surface area contributed by atoms with Crippen LogP contribution in [0.1, 0.15) is 74.9 Å². The molecule has 0 heterocycles. The molecule has 0 aromatic heterocycles. The molecule has 2 aromatic rings. The maximum absolute atomic E-state index is 10.7. The Balaban J connectivity index is 2.41. The van der Waals surface area contributed by atoms with Gasteiger partial charge in [-0.15, -0.1) is 0 Å². The largest absolute Gasteiger partial charge is 0.460 e. The van der Waals surface area contributed by atoms with E-state index in [-0.39, 0.29) is 10.8 Å². The summed E-state index contributed by atoms with van der Waals surface area (Å²) in [4.78, 5) is 10.7. The molecule has 0 radical (unpaired) electrons. The molecule has 3 nitrogen and oxygen atoms in total. The molecule has 0 unspecified atom stereocenters. The van der Waals surface area contributed by atoms with E-state index in [0.29, 0.717) is 11.5 Å². The van der Waals surface area contributed by atoms with Crippen molar-refractivity contribution in [2.75, 3.05) is 0 Å². The Hall–Kier alpha value is -1.57. The van der Waals surface area contributed by atoms with Crippen LogP contribution >= 0.6 is 8.60 Å². The first-order chi connectivity index (χ1) is 12.7. The van der Waals surface area contributed by atoms with Crippen molar-refractivity contribution in [3.05, 3.63) is 57.6 Å². The Morgan fingerprint density at radius 3 is 1.25 bits per heavy atom. The van der Waals surface area contributed by atoms with E-state index >= 15 is 0 Å². The van der Waals surface area contributed by atoms with Crippen LogP contribution in [0.4, 0.5) is 0 Å². The molecule has 154 valence electrons.